The number of nitrogens with one attached hydrogen (secondary N) is 1. The summed E-state index contributed by atoms with van der Waals surface area (Å²) in [6.07, 6.45) is 0. The van der Waals surface area contributed by atoms with Gasteiger partial charge in [-0.3, -0.25) is 4.79 Å². The highest BCUT2D eigenvalue weighted by Crippen LogP contribution is 2.21. The molecule has 1 aromatic carbocycles. The fourth-order valence-corrected chi connectivity index (χ4v) is 2.75. The van der Waals surface area contributed by atoms with Crippen molar-refractivity contribution < 1.29 is 4.79 Å². The van der Waals surface area contributed by atoms with Crippen LogP contribution in [0.25, 0.3) is 0 Å². The molecular formula is C13H13IN2OS. The number of anilines is 1. The monoisotopic (exact) mass is 372 g/mol. The van der Waals surface area contributed by atoms with Gasteiger partial charge in [-0.25, -0.2) is 0 Å². The van der Waals surface area contributed by atoms with Crippen LogP contribution < -0.4 is 11.1 Å². The number of rotatable bonds is 3. The van der Waals surface area contributed by atoms with Crippen LogP contribution in [0.5, 0.6) is 0 Å². The van der Waals surface area contributed by atoms with Gasteiger partial charge in [-0.2, -0.15) is 0 Å². The van der Waals surface area contributed by atoms with E-state index in [1.54, 1.807) is 0 Å². The third-order valence-electron chi connectivity index (χ3n) is 2.59. The molecule has 1 heterocycles. The van der Waals surface area contributed by atoms with Crippen LogP contribution in [-0.4, -0.2) is 5.91 Å². The molecule has 18 heavy (non-hydrogen) atoms. The largest absolute Gasteiger partial charge is 0.324 e. The lowest BCUT2D eigenvalue weighted by Crippen LogP contribution is -2.27. The molecule has 0 radical (unpaired) electrons. The lowest BCUT2D eigenvalue weighted by molar-refractivity contribution is -0.117. The number of aryl methyl sites for hydroxylation is 1. The first kappa shape index (κ1) is 13.5. The zero-order valence-electron chi connectivity index (χ0n) is 9.81. The minimum absolute atomic E-state index is 0.178. The first-order valence-electron chi connectivity index (χ1n) is 5.44. The summed E-state index contributed by atoms with van der Waals surface area (Å²) in [4.78, 5) is 12.9. The normalized spacial score (nSPS) is 12.2. The Balaban J connectivity index is 2.14. The second-order valence-corrected chi connectivity index (χ2v) is 6.17. The zero-order valence-corrected chi connectivity index (χ0v) is 12.8. The molecule has 0 spiro atoms. The molecule has 0 aliphatic rings. The average Bonchev–Trinajstić information content (AvgIpc) is 2.86. The molecule has 0 saturated carbocycles. The van der Waals surface area contributed by atoms with Crippen molar-refractivity contribution in [2.24, 2.45) is 5.73 Å². The van der Waals surface area contributed by atoms with Crippen molar-refractivity contribution in [1.82, 2.24) is 0 Å². The Morgan fingerprint density at radius 1 is 1.44 bits per heavy atom. The van der Waals surface area contributed by atoms with Gasteiger partial charge in [0, 0.05) is 14.1 Å². The topological polar surface area (TPSA) is 55.1 Å². The maximum absolute atomic E-state index is 12.0. The molecule has 0 aliphatic carbocycles. The molecule has 5 heteroatoms. The molecule has 0 fully saturated rings. The molecule has 1 aromatic heterocycles. The molecule has 1 atom stereocenters. The smallest absolute Gasteiger partial charge is 0.246 e. The van der Waals surface area contributed by atoms with Crippen LogP contribution in [0.4, 0.5) is 5.69 Å². The van der Waals surface area contributed by atoms with Crippen molar-refractivity contribution >= 4 is 45.5 Å². The molecule has 2 rings (SSSR count). The maximum Gasteiger partial charge on any atom is 0.246 e. The third-order valence-corrected chi connectivity index (χ3v) is 4.22. The number of benzene rings is 1. The van der Waals surface area contributed by atoms with E-state index in [4.69, 9.17) is 5.73 Å². The van der Waals surface area contributed by atoms with Gasteiger partial charge in [-0.1, -0.05) is 12.1 Å². The number of carbonyl (C=O) groups is 1. The van der Waals surface area contributed by atoms with Crippen LogP contribution in [0.2, 0.25) is 0 Å². The van der Waals surface area contributed by atoms with E-state index in [0.717, 1.165) is 19.7 Å². The van der Waals surface area contributed by atoms with E-state index in [1.165, 1.54) is 11.3 Å². The molecule has 1 amide bonds. The highest BCUT2D eigenvalue weighted by Gasteiger charge is 2.17. The van der Waals surface area contributed by atoms with Gasteiger partial charge < -0.3 is 11.1 Å². The molecule has 3 N–H and O–H groups in total. The summed E-state index contributed by atoms with van der Waals surface area (Å²) in [6, 6.07) is 9.08. The van der Waals surface area contributed by atoms with E-state index in [1.807, 2.05) is 42.6 Å². The van der Waals surface area contributed by atoms with Crippen molar-refractivity contribution in [3.05, 3.63) is 49.7 Å². The van der Waals surface area contributed by atoms with Crippen molar-refractivity contribution in [3.8, 4) is 0 Å². The van der Waals surface area contributed by atoms with E-state index in [2.05, 4.69) is 27.9 Å². The average molecular weight is 372 g/mol. The Morgan fingerprint density at radius 3 is 2.89 bits per heavy atom. The van der Waals surface area contributed by atoms with Crippen LogP contribution in [0, 0.1) is 10.5 Å². The van der Waals surface area contributed by atoms with E-state index < -0.39 is 6.04 Å². The number of thiophene rings is 1. The summed E-state index contributed by atoms with van der Waals surface area (Å²) >= 11 is 3.71. The van der Waals surface area contributed by atoms with Crippen LogP contribution in [0.15, 0.2) is 35.7 Å². The fraction of sp³-hybridized carbons (Fsp3) is 0.154. The van der Waals surface area contributed by atoms with Crippen LogP contribution in [-0.2, 0) is 4.79 Å². The lowest BCUT2D eigenvalue weighted by Gasteiger charge is -2.12. The number of hydrogen-bond donors (Lipinski definition) is 2. The predicted octanol–water partition coefficient (Wildman–Crippen LogP) is 3.30. The van der Waals surface area contributed by atoms with Gasteiger partial charge >= 0.3 is 0 Å². The maximum atomic E-state index is 12.0. The van der Waals surface area contributed by atoms with E-state index in [0.29, 0.717) is 0 Å². The summed E-state index contributed by atoms with van der Waals surface area (Å²) < 4.78 is 1.08. The molecule has 0 bridgehead atoms. The number of carbonyl (C=O) groups excluding carboxylic acids is 1. The predicted molar refractivity (Wildman–Crippen MR) is 83.8 cm³/mol. The Hall–Kier alpha value is -0.920. The van der Waals surface area contributed by atoms with Gasteiger partial charge in [0.05, 0.1) is 0 Å². The summed E-state index contributed by atoms with van der Waals surface area (Å²) in [5, 5.41) is 4.79. The van der Waals surface area contributed by atoms with Gasteiger partial charge in [0.25, 0.3) is 0 Å². The van der Waals surface area contributed by atoms with E-state index in [-0.39, 0.29) is 5.91 Å². The van der Waals surface area contributed by atoms with Crippen molar-refractivity contribution in [2.75, 3.05) is 5.32 Å². The summed E-state index contributed by atoms with van der Waals surface area (Å²) in [7, 11) is 0. The molecule has 0 saturated heterocycles. The minimum Gasteiger partial charge on any atom is -0.324 e. The third kappa shape index (κ3) is 3.09. The number of hydrogen-bond acceptors (Lipinski definition) is 3. The van der Waals surface area contributed by atoms with E-state index >= 15 is 0 Å². The highest BCUT2D eigenvalue weighted by atomic mass is 127. The van der Waals surface area contributed by atoms with Gasteiger partial charge in [-0.15, -0.1) is 11.3 Å². The first-order chi connectivity index (χ1) is 8.58. The molecular weight excluding hydrogens is 359 g/mol. The van der Waals surface area contributed by atoms with Crippen LogP contribution in [0.1, 0.15) is 16.5 Å². The summed E-state index contributed by atoms with van der Waals surface area (Å²) in [5.41, 5.74) is 7.76. The van der Waals surface area contributed by atoms with Gasteiger partial charge in [-0.05, 0) is 58.7 Å². The lowest BCUT2D eigenvalue weighted by atomic mass is 10.2. The number of amides is 1. The summed E-state index contributed by atoms with van der Waals surface area (Å²) in [6.45, 7) is 1.96. The second-order valence-electron chi connectivity index (χ2n) is 3.94. The molecule has 3 nitrogen and oxygen atoms in total. The Labute approximate surface area is 124 Å². The first-order valence-corrected chi connectivity index (χ1v) is 7.40. The van der Waals surface area contributed by atoms with Crippen molar-refractivity contribution in [1.29, 1.82) is 0 Å². The quantitative estimate of drug-likeness (QED) is 0.813. The van der Waals surface area contributed by atoms with Crippen LogP contribution in [0.3, 0.4) is 0 Å². The highest BCUT2D eigenvalue weighted by molar-refractivity contribution is 14.1. The minimum atomic E-state index is -0.609. The summed E-state index contributed by atoms with van der Waals surface area (Å²) in [5.74, 6) is -0.178. The molecule has 94 valence electrons. The fourth-order valence-electron chi connectivity index (χ4n) is 1.54. The molecule has 1 unspecified atom stereocenters. The van der Waals surface area contributed by atoms with Crippen molar-refractivity contribution in [2.45, 2.75) is 13.0 Å². The zero-order chi connectivity index (χ0) is 13.1. The van der Waals surface area contributed by atoms with E-state index in [9.17, 15) is 4.79 Å². The number of halogens is 1. The molecule has 2 aromatic rings. The Kier molecular flexibility index (Phi) is 4.36. The Bertz CT molecular complexity index is 554. The van der Waals surface area contributed by atoms with Crippen molar-refractivity contribution in [3.63, 3.8) is 0 Å². The number of nitrogens with two attached hydrogens (primary N) is 1. The molecule has 0 aliphatic heterocycles. The van der Waals surface area contributed by atoms with Gasteiger partial charge in [0.15, 0.2) is 0 Å². The van der Waals surface area contributed by atoms with Gasteiger partial charge in [0.1, 0.15) is 6.04 Å². The second kappa shape index (κ2) is 5.81. The van der Waals surface area contributed by atoms with Gasteiger partial charge in [0.2, 0.25) is 5.91 Å². The Morgan fingerprint density at radius 2 is 2.22 bits per heavy atom. The SMILES string of the molecule is Cc1ccc(I)cc1NC(=O)C(N)c1cccs1. The van der Waals surface area contributed by atoms with Crippen LogP contribution >= 0.6 is 33.9 Å². The standard InChI is InChI=1S/C13H13IN2OS/c1-8-4-5-9(14)7-10(8)16-13(17)12(15)11-3-2-6-18-11/h2-7,12H,15H2,1H3,(H,16,17).